The summed E-state index contributed by atoms with van der Waals surface area (Å²) in [5, 5.41) is 12.0. The summed E-state index contributed by atoms with van der Waals surface area (Å²) in [5.74, 6) is 0.0989. The minimum Gasteiger partial charge on any atom is -0.396 e. The number of hydrogen-bond acceptors (Lipinski definition) is 3. The Hall–Kier alpha value is -1.36. The summed E-state index contributed by atoms with van der Waals surface area (Å²) < 4.78 is 1.99. The summed E-state index contributed by atoms with van der Waals surface area (Å²) >= 11 is 0. The zero-order valence-electron chi connectivity index (χ0n) is 12.0. The highest BCUT2D eigenvalue weighted by Gasteiger charge is 2.18. The molecule has 0 spiro atoms. The third-order valence-electron chi connectivity index (χ3n) is 3.52. The smallest absolute Gasteiger partial charge is 0.222 e. The molecule has 1 amide bonds. The van der Waals surface area contributed by atoms with Crippen LogP contribution in [0.25, 0.3) is 0 Å². The maximum Gasteiger partial charge on any atom is 0.222 e. The van der Waals surface area contributed by atoms with Gasteiger partial charge in [0, 0.05) is 37.5 Å². The van der Waals surface area contributed by atoms with E-state index in [1.807, 2.05) is 24.6 Å². The molecule has 0 aromatic carbocycles. The zero-order valence-corrected chi connectivity index (χ0v) is 12.0. The van der Waals surface area contributed by atoms with Crippen molar-refractivity contribution in [1.82, 2.24) is 14.9 Å². The summed E-state index contributed by atoms with van der Waals surface area (Å²) in [5.41, 5.74) is 0. The van der Waals surface area contributed by atoms with Gasteiger partial charge in [-0.3, -0.25) is 4.79 Å². The van der Waals surface area contributed by atoms with Crippen molar-refractivity contribution in [2.75, 3.05) is 6.61 Å². The van der Waals surface area contributed by atoms with Crippen molar-refractivity contribution in [1.29, 1.82) is 0 Å². The maximum absolute atomic E-state index is 12.0. The van der Waals surface area contributed by atoms with Gasteiger partial charge < -0.3 is 15.0 Å². The molecule has 0 saturated carbocycles. The van der Waals surface area contributed by atoms with Crippen LogP contribution in [0.2, 0.25) is 0 Å². The van der Waals surface area contributed by atoms with Crippen LogP contribution in [-0.2, 0) is 4.79 Å². The number of amides is 1. The van der Waals surface area contributed by atoms with E-state index in [2.05, 4.69) is 17.2 Å². The average Bonchev–Trinajstić information content (AvgIpc) is 2.90. The van der Waals surface area contributed by atoms with Crippen LogP contribution in [-0.4, -0.2) is 33.2 Å². The Balaban J connectivity index is 2.53. The van der Waals surface area contributed by atoms with Crippen LogP contribution in [0.4, 0.5) is 0 Å². The number of imidazole rings is 1. The summed E-state index contributed by atoms with van der Waals surface area (Å²) in [6.45, 7) is 6.04. The minimum absolute atomic E-state index is 0.0115. The first-order chi connectivity index (χ1) is 9.08. The lowest BCUT2D eigenvalue weighted by Gasteiger charge is -2.22. The van der Waals surface area contributed by atoms with Crippen molar-refractivity contribution in [2.45, 2.75) is 52.1 Å². The van der Waals surface area contributed by atoms with Crippen LogP contribution >= 0.6 is 0 Å². The van der Waals surface area contributed by atoms with E-state index in [1.165, 1.54) is 0 Å². The SMILES string of the molecule is CCCC(CC(=O)NC(C)C(C)CO)n1ccnc1. The first-order valence-corrected chi connectivity index (χ1v) is 6.96. The fourth-order valence-corrected chi connectivity index (χ4v) is 2.00. The van der Waals surface area contributed by atoms with Gasteiger partial charge in [0.1, 0.15) is 0 Å². The number of carbonyl (C=O) groups excluding carboxylic acids is 1. The van der Waals surface area contributed by atoms with Crippen molar-refractivity contribution in [3.63, 3.8) is 0 Å². The lowest BCUT2D eigenvalue weighted by Crippen LogP contribution is -2.39. The first kappa shape index (κ1) is 15.7. The van der Waals surface area contributed by atoms with Gasteiger partial charge in [0.05, 0.1) is 6.33 Å². The van der Waals surface area contributed by atoms with Crippen LogP contribution < -0.4 is 5.32 Å². The van der Waals surface area contributed by atoms with Gasteiger partial charge in [0.2, 0.25) is 5.91 Å². The first-order valence-electron chi connectivity index (χ1n) is 6.96. The van der Waals surface area contributed by atoms with Gasteiger partial charge in [-0.1, -0.05) is 20.3 Å². The second kappa shape index (κ2) is 7.94. The molecule has 1 rings (SSSR count). The summed E-state index contributed by atoms with van der Waals surface area (Å²) in [6.07, 6.45) is 7.82. The number of nitrogens with one attached hydrogen (secondary N) is 1. The molecule has 2 N–H and O–H groups in total. The normalized spacial score (nSPS) is 15.8. The second-order valence-electron chi connectivity index (χ2n) is 5.17. The third-order valence-corrected chi connectivity index (χ3v) is 3.52. The van der Waals surface area contributed by atoms with Gasteiger partial charge in [-0.15, -0.1) is 0 Å². The van der Waals surface area contributed by atoms with E-state index in [-0.39, 0.29) is 30.5 Å². The third kappa shape index (κ3) is 5.03. The van der Waals surface area contributed by atoms with Gasteiger partial charge in [-0.25, -0.2) is 4.98 Å². The molecule has 0 bridgehead atoms. The van der Waals surface area contributed by atoms with Gasteiger partial charge in [-0.05, 0) is 19.3 Å². The molecule has 3 atom stereocenters. The molecule has 0 radical (unpaired) electrons. The Kier molecular flexibility index (Phi) is 6.56. The molecule has 0 aliphatic heterocycles. The summed E-state index contributed by atoms with van der Waals surface area (Å²) in [6, 6.07) is 0.145. The number of rotatable bonds is 8. The average molecular weight is 267 g/mol. The molecule has 5 nitrogen and oxygen atoms in total. The van der Waals surface area contributed by atoms with E-state index in [4.69, 9.17) is 5.11 Å². The quantitative estimate of drug-likeness (QED) is 0.754. The van der Waals surface area contributed by atoms with Crippen LogP contribution in [0.5, 0.6) is 0 Å². The van der Waals surface area contributed by atoms with E-state index in [0.29, 0.717) is 6.42 Å². The molecule has 0 aliphatic carbocycles. The second-order valence-corrected chi connectivity index (χ2v) is 5.17. The molecule has 108 valence electrons. The Morgan fingerprint density at radius 2 is 2.21 bits per heavy atom. The lowest BCUT2D eigenvalue weighted by molar-refractivity contribution is -0.122. The number of carbonyl (C=O) groups is 1. The van der Waals surface area contributed by atoms with Crippen molar-refractivity contribution < 1.29 is 9.90 Å². The van der Waals surface area contributed by atoms with E-state index in [9.17, 15) is 4.79 Å². The maximum atomic E-state index is 12.0. The molecule has 0 saturated heterocycles. The van der Waals surface area contributed by atoms with Crippen molar-refractivity contribution >= 4 is 5.91 Å². The summed E-state index contributed by atoms with van der Waals surface area (Å²) in [4.78, 5) is 16.1. The molecule has 0 fully saturated rings. The number of aromatic nitrogens is 2. The summed E-state index contributed by atoms with van der Waals surface area (Å²) in [7, 11) is 0. The fraction of sp³-hybridized carbons (Fsp3) is 0.714. The van der Waals surface area contributed by atoms with Gasteiger partial charge in [0.15, 0.2) is 0 Å². The Bertz CT molecular complexity index is 365. The molecule has 5 heteroatoms. The Morgan fingerprint density at radius 3 is 2.74 bits per heavy atom. The highest BCUT2D eigenvalue weighted by Crippen LogP contribution is 2.17. The van der Waals surface area contributed by atoms with Crippen molar-refractivity contribution in [2.24, 2.45) is 5.92 Å². The predicted octanol–water partition coefficient (Wildman–Crippen LogP) is 1.75. The van der Waals surface area contributed by atoms with Gasteiger partial charge in [0.25, 0.3) is 0 Å². The van der Waals surface area contributed by atoms with E-state index in [1.54, 1.807) is 12.5 Å². The number of aliphatic hydroxyl groups excluding tert-OH is 1. The topological polar surface area (TPSA) is 67.2 Å². The van der Waals surface area contributed by atoms with Crippen LogP contribution in [0.3, 0.4) is 0 Å². The molecule has 1 heterocycles. The predicted molar refractivity (Wildman–Crippen MR) is 74.6 cm³/mol. The standard InChI is InChI=1S/C14H25N3O2/c1-4-5-13(17-7-6-15-10-17)8-14(19)16-12(3)11(2)9-18/h6-7,10-13,18H,4-5,8-9H2,1-3H3,(H,16,19). The number of hydrogen-bond donors (Lipinski definition) is 2. The van der Waals surface area contributed by atoms with Crippen LogP contribution in [0.15, 0.2) is 18.7 Å². The molecule has 3 unspecified atom stereocenters. The number of nitrogens with zero attached hydrogens (tertiary/aromatic N) is 2. The Morgan fingerprint density at radius 1 is 1.47 bits per heavy atom. The minimum atomic E-state index is -0.0115. The molecule has 0 aliphatic rings. The van der Waals surface area contributed by atoms with E-state index >= 15 is 0 Å². The molecule has 19 heavy (non-hydrogen) atoms. The highest BCUT2D eigenvalue weighted by atomic mass is 16.3. The molecule has 1 aromatic heterocycles. The van der Waals surface area contributed by atoms with Crippen LogP contribution in [0, 0.1) is 5.92 Å². The molecular weight excluding hydrogens is 242 g/mol. The van der Waals surface area contributed by atoms with Crippen molar-refractivity contribution in [3.05, 3.63) is 18.7 Å². The van der Waals surface area contributed by atoms with Crippen LogP contribution in [0.1, 0.15) is 46.1 Å². The van der Waals surface area contributed by atoms with E-state index in [0.717, 1.165) is 12.8 Å². The largest absolute Gasteiger partial charge is 0.396 e. The molecular formula is C14H25N3O2. The van der Waals surface area contributed by atoms with Crippen molar-refractivity contribution in [3.8, 4) is 0 Å². The molecule has 1 aromatic rings. The van der Waals surface area contributed by atoms with Gasteiger partial charge >= 0.3 is 0 Å². The number of aliphatic hydroxyl groups is 1. The zero-order chi connectivity index (χ0) is 14.3. The lowest BCUT2D eigenvalue weighted by atomic mass is 10.0. The highest BCUT2D eigenvalue weighted by molar-refractivity contribution is 5.76. The monoisotopic (exact) mass is 267 g/mol. The Labute approximate surface area is 115 Å². The van der Waals surface area contributed by atoms with Gasteiger partial charge in [-0.2, -0.15) is 0 Å². The van der Waals surface area contributed by atoms with E-state index < -0.39 is 0 Å². The fourth-order valence-electron chi connectivity index (χ4n) is 2.00.